The van der Waals surface area contributed by atoms with Crippen LogP contribution in [0.1, 0.15) is 41.8 Å². The molecular weight excluding hydrogens is 288 g/mol. The fourth-order valence-corrected chi connectivity index (χ4v) is 1.98. The van der Waals surface area contributed by atoms with Crippen molar-refractivity contribution < 1.29 is 9.53 Å². The number of nitrogens with zero attached hydrogens (tertiary/aromatic N) is 1. The van der Waals surface area contributed by atoms with E-state index >= 15 is 0 Å². The van der Waals surface area contributed by atoms with Crippen LogP contribution in [0.5, 0.6) is 5.75 Å². The number of nitrogens with one attached hydrogen (secondary N) is 1. The molecule has 2 aromatic carbocycles. The minimum Gasteiger partial charge on any atom is -0.494 e. The molecule has 4 nitrogen and oxygen atoms in total. The Morgan fingerprint density at radius 3 is 2.26 bits per heavy atom. The third-order valence-corrected chi connectivity index (χ3v) is 3.38. The molecule has 0 bridgehead atoms. The van der Waals surface area contributed by atoms with Crippen LogP contribution in [-0.2, 0) is 0 Å². The van der Waals surface area contributed by atoms with E-state index in [-0.39, 0.29) is 5.91 Å². The lowest BCUT2D eigenvalue weighted by Crippen LogP contribution is -2.19. The van der Waals surface area contributed by atoms with Gasteiger partial charge in [-0.15, -0.1) is 0 Å². The topological polar surface area (TPSA) is 50.7 Å². The van der Waals surface area contributed by atoms with Crippen LogP contribution in [-0.4, -0.2) is 18.2 Å². The van der Waals surface area contributed by atoms with E-state index in [1.54, 1.807) is 24.3 Å². The van der Waals surface area contributed by atoms with E-state index in [4.69, 9.17) is 4.74 Å². The zero-order valence-electron chi connectivity index (χ0n) is 13.8. The molecule has 0 radical (unpaired) electrons. The van der Waals surface area contributed by atoms with Gasteiger partial charge >= 0.3 is 0 Å². The van der Waals surface area contributed by atoms with Gasteiger partial charge in [0.05, 0.1) is 12.3 Å². The molecule has 0 aliphatic rings. The summed E-state index contributed by atoms with van der Waals surface area (Å²) < 4.78 is 5.50. The monoisotopic (exact) mass is 310 g/mol. The van der Waals surface area contributed by atoms with Crippen molar-refractivity contribution in [3.63, 3.8) is 0 Å². The molecule has 120 valence electrons. The van der Waals surface area contributed by atoms with Gasteiger partial charge in [-0.2, -0.15) is 5.10 Å². The third kappa shape index (κ3) is 4.95. The Morgan fingerprint density at radius 1 is 1.04 bits per heavy atom. The Morgan fingerprint density at radius 2 is 1.65 bits per heavy atom. The van der Waals surface area contributed by atoms with Gasteiger partial charge in [0.1, 0.15) is 5.75 Å². The van der Waals surface area contributed by atoms with Crippen molar-refractivity contribution in [1.82, 2.24) is 5.43 Å². The summed E-state index contributed by atoms with van der Waals surface area (Å²) in [4.78, 5) is 12.1. The number of rotatable bonds is 6. The highest BCUT2D eigenvalue weighted by Gasteiger charge is 2.05. The SMILES string of the molecule is CCCOc1ccc(C(=O)N/N=C(\C)c2ccc(C)cc2)cc1. The van der Waals surface area contributed by atoms with Crippen LogP contribution in [0.15, 0.2) is 53.6 Å². The summed E-state index contributed by atoms with van der Waals surface area (Å²) in [6.07, 6.45) is 0.954. The van der Waals surface area contributed by atoms with Crippen LogP contribution < -0.4 is 10.2 Å². The molecule has 0 fully saturated rings. The van der Waals surface area contributed by atoms with Crippen LogP contribution in [0.3, 0.4) is 0 Å². The second-order valence-corrected chi connectivity index (χ2v) is 5.38. The maximum Gasteiger partial charge on any atom is 0.271 e. The Labute approximate surface area is 137 Å². The third-order valence-electron chi connectivity index (χ3n) is 3.38. The Balaban J connectivity index is 1.98. The second-order valence-electron chi connectivity index (χ2n) is 5.38. The molecule has 0 atom stereocenters. The first-order chi connectivity index (χ1) is 11.1. The number of ether oxygens (including phenoxy) is 1. The van der Waals surface area contributed by atoms with Gasteiger partial charge in [0, 0.05) is 5.56 Å². The number of hydrogen-bond donors (Lipinski definition) is 1. The van der Waals surface area contributed by atoms with E-state index in [0.29, 0.717) is 12.2 Å². The van der Waals surface area contributed by atoms with Crippen molar-refractivity contribution in [2.24, 2.45) is 5.10 Å². The fraction of sp³-hybridized carbons (Fsp3) is 0.263. The van der Waals surface area contributed by atoms with Crippen LogP contribution in [0.25, 0.3) is 0 Å². The molecule has 0 unspecified atom stereocenters. The predicted octanol–water partition coefficient (Wildman–Crippen LogP) is 3.94. The standard InChI is InChI=1S/C19H22N2O2/c1-4-13-23-18-11-9-17(10-12-18)19(22)21-20-15(3)16-7-5-14(2)6-8-16/h5-12H,4,13H2,1-3H3,(H,21,22)/b20-15+. The molecular formula is C19H22N2O2. The van der Waals surface area contributed by atoms with E-state index in [9.17, 15) is 4.79 Å². The zero-order valence-corrected chi connectivity index (χ0v) is 13.8. The van der Waals surface area contributed by atoms with Crippen molar-refractivity contribution in [1.29, 1.82) is 0 Å². The summed E-state index contributed by atoms with van der Waals surface area (Å²) in [6, 6.07) is 15.1. The average molecular weight is 310 g/mol. The molecule has 1 amide bonds. The average Bonchev–Trinajstić information content (AvgIpc) is 2.58. The van der Waals surface area contributed by atoms with Gasteiger partial charge in [0.15, 0.2) is 0 Å². The first-order valence-corrected chi connectivity index (χ1v) is 7.74. The number of amides is 1. The van der Waals surface area contributed by atoms with Gasteiger partial charge in [-0.25, -0.2) is 5.43 Å². The summed E-state index contributed by atoms with van der Waals surface area (Å²) in [5.74, 6) is 0.529. The Kier molecular flexibility index (Phi) is 5.92. The molecule has 23 heavy (non-hydrogen) atoms. The lowest BCUT2D eigenvalue weighted by Gasteiger charge is -2.06. The number of aryl methyl sites for hydroxylation is 1. The van der Waals surface area contributed by atoms with E-state index < -0.39 is 0 Å². The van der Waals surface area contributed by atoms with E-state index in [1.165, 1.54) is 5.56 Å². The lowest BCUT2D eigenvalue weighted by atomic mass is 10.1. The summed E-state index contributed by atoms with van der Waals surface area (Å²) >= 11 is 0. The summed E-state index contributed by atoms with van der Waals surface area (Å²) in [6.45, 7) is 6.63. The lowest BCUT2D eigenvalue weighted by molar-refractivity contribution is 0.0955. The highest BCUT2D eigenvalue weighted by Crippen LogP contribution is 2.12. The van der Waals surface area contributed by atoms with Gasteiger partial charge in [-0.3, -0.25) is 4.79 Å². The first kappa shape index (κ1) is 16.7. The van der Waals surface area contributed by atoms with Gasteiger partial charge in [0.2, 0.25) is 0 Å². The van der Waals surface area contributed by atoms with E-state index in [0.717, 1.165) is 23.4 Å². The molecule has 0 saturated carbocycles. The van der Waals surface area contributed by atoms with Crippen LogP contribution in [0.4, 0.5) is 0 Å². The maximum atomic E-state index is 12.1. The fourth-order valence-electron chi connectivity index (χ4n) is 1.98. The minimum absolute atomic E-state index is 0.237. The second kappa shape index (κ2) is 8.13. The molecule has 4 heteroatoms. The van der Waals surface area contributed by atoms with Crippen LogP contribution in [0.2, 0.25) is 0 Å². The summed E-state index contributed by atoms with van der Waals surface area (Å²) in [5.41, 5.74) is 6.07. The molecule has 0 aliphatic carbocycles. The number of hydrazone groups is 1. The van der Waals surface area contributed by atoms with Gasteiger partial charge < -0.3 is 4.74 Å². The van der Waals surface area contributed by atoms with Crippen LogP contribution in [0, 0.1) is 6.92 Å². The van der Waals surface area contributed by atoms with Crippen molar-refractivity contribution >= 4 is 11.6 Å². The molecule has 2 aromatic rings. The molecule has 0 saturated heterocycles. The van der Waals surface area contributed by atoms with Crippen molar-refractivity contribution in [2.45, 2.75) is 27.2 Å². The highest BCUT2D eigenvalue weighted by molar-refractivity contribution is 6.00. The van der Waals surface area contributed by atoms with E-state index in [2.05, 4.69) is 17.5 Å². The number of benzene rings is 2. The molecule has 0 aliphatic heterocycles. The summed E-state index contributed by atoms with van der Waals surface area (Å²) in [7, 11) is 0. The number of carbonyl (C=O) groups is 1. The number of hydrogen-bond acceptors (Lipinski definition) is 3. The molecule has 0 aromatic heterocycles. The van der Waals surface area contributed by atoms with Crippen molar-refractivity contribution in [3.8, 4) is 5.75 Å². The van der Waals surface area contributed by atoms with Gasteiger partial charge in [-0.1, -0.05) is 36.8 Å². The normalized spacial score (nSPS) is 11.2. The Bertz CT molecular complexity index is 674. The van der Waals surface area contributed by atoms with Crippen LogP contribution >= 0.6 is 0 Å². The quantitative estimate of drug-likeness (QED) is 0.649. The maximum absolute atomic E-state index is 12.1. The molecule has 0 heterocycles. The molecule has 0 spiro atoms. The number of carbonyl (C=O) groups excluding carboxylic acids is 1. The highest BCUT2D eigenvalue weighted by atomic mass is 16.5. The van der Waals surface area contributed by atoms with E-state index in [1.807, 2.05) is 38.1 Å². The van der Waals surface area contributed by atoms with Gasteiger partial charge in [-0.05, 0) is 50.1 Å². The molecule has 1 N–H and O–H groups in total. The molecule has 2 rings (SSSR count). The minimum atomic E-state index is -0.237. The van der Waals surface area contributed by atoms with Gasteiger partial charge in [0.25, 0.3) is 5.91 Å². The van der Waals surface area contributed by atoms with Crippen molar-refractivity contribution in [3.05, 3.63) is 65.2 Å². The largest absolute Gasteiger partial charge is 0.494 e. The predicted molar refractivity (Wildman–Crippen MR) is 93.1 cm³/mol. The zero-order chi connectivity index (χ0) is 16.7. The first-order valence-electron chi connectivity index (χ1n) is 7.74. The Hall–Kier alpha value is -2.62. The smallest absolute Gasteiger partial charge is 0.271 e. The van der Waals surface area contributed by atoms with Crippen molar-refractivity contribution in [2.75, 3.05) is 6.61 Å². The summed E-state index contributed by atoms with van der Waals surface area (Å²) in [5, 5.41) is 4.16.